The lowest BCUT2D eigenvalue weighted by atomic mass is 9.44. The summed E-state index contributed by atoms with van der Waals surface area (Å²) in [7, 11) is 0. The van der Waals surface area contributed by atoms with E-state index >= 15 is 0 Å². The number of rotatable bonds is 13. The van der Waals surface area contributed by atoms with Crippen LogP contribution in [0.2, 0.25) is 0 Å². The number of ether oxygens (including phenoxy) is 7. The molecule has 25 atom stereocenters. The Balaban J connectivity index is 0.872. The third-order valence-corrected chi connectivity index (χ3v) is 17.4. The summed E-state index contributed by atoms with van der Waals surface area (Å²) in [5.74, 6) is 3.56. The van der Waals surface area contributed by atoms with Crippen LogP contribution in [0.5, 0.6) is 0 Å². The highest BCUT2D eigenvalue weighted by Gasteiger charge is 2.65. The van der Waals surface area contributed by atoms with Crippen LogP contribution in [-0.2, 0) is 33.2 Å². The molecule has 0 aromatic rings. The van der Waals surface area contributed by atoms with Gasteiger partial charge in [0.15, 0.2) is 18.9 Å². The molecule has 0 aromatic carbocycles. The van der Waals surface area contributed by atoms with Crippen molar-refractivity contribution in [2.45, 2.75) is 196 Å². The van der Waals surface area contributed by atoms with E-state index in [0.717, 1.165) is 70.0 Å². The topological polar surface area (TPSA) is 287 Å². The van der Waals surface area contributed by atoms with Crippen LogP contribution in [0, 0.1) is 46.3 Å². The van der Waals surface area contributed by atoms with Crippen molar-refractivity contribution >= 4 is 0 Å². The van der Waals surface area contributed by atoms with Crippen molar-refractivity contribution in [1.29, 1.82) is 0 Å². The minimum atomic E-state index is -1.74. The first-order valence-corrected chi connectivity index (χ1v) is 23.5. The Morgan fingerprint density at radius 3 is 1.87 bits per heavy atom. The molecule has 3 saturated heterocycles. The van der Waals surface area contributed by atoms with Crippen LogP contribution >= 0.6 is 0 Å². The molecule has 4 heterocycles. The second kappa shape index (κ2) is 19.1. The largest absolute Gasteiger partial charge is 0.494 e. The summed E-state index contributed by atoms with van der Waals surface area (Å²) in [4.78, 5) is 0. The minimum absolute atomic E-state index is 0.0928. The predicted octanol–water partition coefficient (Wildman–Crippen LogP) is -0.830. The van der Waals surface area contributed by atoms with Gasteiger partial charge in [0.25, 0.3) is 0 Å². The van der Waals surface area contributed by atoms with Crippen molar-refractivity contribution < 1.29 is 89.3 Å². The molecule has 18 nitrogen and oxygen atoms in total. The van der Waals surface area contributed by atoms with Crippen molar-refractivity contribution in [3.63, 3.8) is 0 Å². The molecule has 4 saturated carbocycles. The van der Waals surface area contributed by atoms with Gasteiger partial charge in [0, 0.05) is 12.3 Å². The first-order valence-electron chi connectivity index (χ1n) is 23.5. The van der Waals surface area contributed by atoms with Crippen LogP contribution in [0.1, 0.15) is 91.9 Å². The molecule has 0 aromatic heterocycles. The smallest absolute Gasteiger partial charge is 0.187 e. The van der Waals surface area contributed by atoms with Crippen LogP contribution in [-0.4, -0.2) is 187 Å². The van der Waals surface area contributed by atoms with Gasteiger partial charge in [0.1, 0.15) is 79.4 Å². The van der Waals surface area contributed by atoms with E-state index in [1.54, 1.807) is 0 Å². The van der Waals surface area contributed by atoms with Gasteiger partial charge in [-0.1, -0.05) is 20.8 Å². The third-order valence-electron chi connectivity index (χ3n) is 17.4. The molecule has 8 aliphatic rings. The zero-order valence-electron chi connectivity index (χ0n) is 37.0. The Labute approximate surface area is 369 Å². The van der Waals surface area contributed by atoms with E-state index in [9.17, 15) is 56.2 Å². The normalized spacial score (nSPS) is 52.7. The van der Waals surface area contributed by atoms with Gasteiger partial charge in [0.05, 0.1) is 38.3 Å². The molecule has 0 radical (unpaired) electrons. The molecule has 362 valence electrons. The fourth-order valence-electron chi connectivity index (χ4n) is 13.7. The summed E-state index contributed by atoms with van der Waals surface area (Å²) >= 11 is 0. The van der Waals surface area contributed by atoms with E-state index in [1.807, 2.05) is 0 Å². The zero-order valence-corrected chi connectivity index (χ0v) is 37.0. The maximum absolute atomic E-state index is 11.2. The SMILES string of the molecule is CC1=C(CCC(C)CO[C@@H]2O[C@H](CO)[C@@H](O)[C@H](O)[C@H]2O)O[C@H]2C[C@H]3[C@@H]4CCC5C[C@@H](O[C@@H]6O[C@H](CO)[C@H](O)[C@H](O)[C@H]6O[C@@H]6O[C@H](CO)[C@@H](O)[C@H](O)[C@H]6O)CC[C@]5(C)[C@H]4CC[C@]3(C)[C@@H]12. The van der Waals surface area contributed by atoms with Crippen LogP contribution in [0.4, 0.5) is 0 Å². The van der Waals surface area contributed by atoms with Gasteiger partial charge < -0.3 is 89.3 Å². The van der Waals surface area contributed by atoms with E-state index in [0.29, 0.717) is 29.6 Å². The maximum atomic E-state index is 11.2. The van der Waals surface area contributed by atoms with E-state index < -0.39 is 112 Å². The number of hydrogen-bond donors (Lipinski definition) is 11. The quantitative estimate of drug-likeness (QED) is 0.101. The summed E-state index contributed by atoms with van der Waals surface area (Å²) in [6.07, 6.45) is -12.1. The fraction of sp³-hybridized carbons (Fsp3) is 0.956. The summed E-state index contributed by atoms with van der Waals surface area (Å²) < 4.78 is 42.2. The number of hydrogen-bond acceptors (Lipinski definition) is 18. The van der Waals surface area contributed by atoms with Gasteiger partial charge in [-0.2, -0.15) is 0 Å². The van der Waals surface area contributed by atoms with Gasteiger partial charge in [0.2, 0.25) is 0 Å². The highest BCUT2D eigenvalue weighted by atomic mass is 16.8. The molecule has 0 bridgehead atoms. The average molecular weight is 903 g/mol. The maximum Gasteiger partial charge on any atom is 0.187 e. The molecule has 18 heteroatoms. The molecule has 4 aliphatic heterocycles. The molecule has 0 spiro atoms. The van der Waals surface area contributed by atoms with Gasteiger partial charge in [-0.25, -0.2) is 0 Å². The van der Waals surface area contributed by atoms with Crippen LogP contribution in [0.25, 0.3) is 0 Å². The van der Waals surface area contributed by atoms with E-state index in [4.69, 9.17) is 33.2 Å². The lowest BCUT2D eigenvalue weighted by Gasteiger charge is -2.61. The molecule has 4 aliphatic carbocycles. The van der Waals surface area contributed by atoms with E-state index in [-0.39, 0.29) is 35.6 Å². The van der Waals surface area contributed by atoms with Crippen molar-refractivity contribution in [3.05, 3.63) is 11.3 Å². The van der Waals surface area contributed by atoms with Gasteiger partial charge in [-0.3, -0.25) is 0 Å². The Morgan fingerprint density at radius 2 is 1.22 bits per heavy atom. The molecule has 11 N–H and O–H groups in total. The van der Waals surface area contributed by atoms with E-state index in [2.05, 4.69) is 27.7 Å². The van der Waals surface area contributed by atoms with Crippen molar-refractivity contribution in [1.82, 2.24) is 0 Å². The van der Waals surface area contributed by atoms with Crippen molar-refractivity contribution in [3.8, 4) is 0 Å². The Hall–Kier alpha value is -1.14. The number of aliphatic hydroxyl groups excluding tert-OH is 11. The van der Waals surface area contributed by atoms with Crippen LogP contribution in [0.3, 0.4) is 0 Å². The monoisotopic (exact) mass is 902 g/mol. The highest BCUT2D eigenvalue weighted by molar-refractivity contribution is 5.26. The Bertz CT molecular complexity index is 1580. The number of allylic oxidation sites excluding steroid dienone is 1. The zero-order chi connectivity index (χ0) is 45.3. The molecule has 0 amide bonds. The van der Waals surface area contributed by atoms with E-state index in [1.165, 1.54) is 5.57 Å². The van der Waals surface area contributed by atoms with Crippen molar-refractivity contribution in [2.75, 3.05) is 26.4 Å². The molecule has 2 unspecified atom stereocenters. The highest BCUT2D eigenvalue weighted by Crippen LogP contribution is 2.70. The first kappa shape index (κ1) is 48.3. The van der Waals surface area contributed by atoms with Crippen LogP contribution < -0.4 is 0 Å². The first-order chi connectivity index (χ1) is 29.9. The van der Waals surface area contributed by atoms with Crippen LogP contribution in [0.15, 0.2) is 11.3 Å². The lowest BCUT2D eigenvalue weighted by molar-refractivity contribution is -0.373. The van der Waals surface area contributed by atoms with Gasteiger partial charge in [-0.05, 0) is 111 Å². The Kier molecular flexibility index (Phi) is 14.6. The summed E-state index contributed by atoms with van der Waals surface area (Å²) in [6, 6.07) is 0. The molecular formula is C45H74O18. The summed E-state index contributed by atoms with van der Waals surface area (Å²) in [5.41, 5.74) is 1.57. The summed E-state index contributed by atoms with van der Waals surface area (Å²) in [5, 5.41) is 113. The second-order valence-corrected chi connectivity index (χ2v) is 20.9. The van der Waals surface area contributed by atoms with Gasteiger partial charge >= 0.3 is 0 Å². The minimum Gasteiger partial charge on any atom is -0.494 e. The standard InChI is InChI=1S/C45H74O18/c1-19(18-57-41-38(55)35(52)32(49)28(15-46)60-41)5-8-26-20(2)31-27(59-26)14-25-23-7-6-21-13-22(9-11-44(21,3)24(23)10-12-45(25,31)4)58-43-40(37(54)34(51)30(17-48)62-43)63-42-39(56)36(53)33(50)29(16-47)61-42/h19,21-25,27-43,46-56H,5-18H2,1-4H3/t19?,21?,22-,23+,24-,25-,27-,28+,29+,30+,31-,32+,33+,34-,35-,36-,37-,38+,39+,40+,41+,42-,43+,44-,45-/m0/s1. The van der Waals surface area contributed by atoms with Crippen molar-refractivity contribution in [2.24, 2.45) is 46.3 Å². The molecule has 8 rings (SSSR count). The summed E-state index contributed by atoms with van der Waals surface area (Å²) in [6.45, 7) is 7.74. The molecule has 7 fully saturated rings. The Morgan fingerprint density at radius 1 is 0.635 bits per heavy atom. The third kappa shape index (κ3) is 8.68. The lowest BCUT2D eigenvalue weighted by Crippen LogP contribution is -2.65. The fourth-order valence-corrected chi connectivity index (χ4v) is 13.7. The average Bonchev–Trinajstić information content (AvgIpc) is 3.76. The predicted molar refractivity (Wildman–Crippen MR) is 218 cm³/mol. The number of fused-ring (bicyclic) bond motifs is 7. The second-order valence-electron chi connectivity index (χ2n) is 20.9. The number of aliphatic hydroxyl groups is 11. The molecule has 63 heavy (non-hydrogen) atoms. The molecular weight excluding hydrogens is 828 g/mol. The van der Waals surface area contributed by atoms with Gasteiger partial charge in [-0.15, -0.1) is 0 Å².